The largest absolute Gasteiger partial charge is 0.494 e. The molecule has 0 aliphatic carbocycles. The first-order valence-electron chi connectivity index (χ1n) is 17.4. The number of nitrogens with zero attached hydrogens (tertiary/aromatic N) is 3. The molecule has 3 heterocycles. The van der Waals surface area contributed by atoms with Gasteiger partial charge < -0.3 is 24.6 Å². The summed E-state index contributed by atoms with van der Waals surface area (Å²) in [6.07, 6.45) is 5.33. The third kappa shape index (κ3) is 10.0. The maximum absolute atomic E-state index is 12.4. The van der Waals surface area contributed by atoms with E-state index in [4.69, 9.17) is 9.47 Å². The van der Waals surface area contributed by atoms with E-state index < -0.39 is 11.6 Å². The molecule has 3 fully saturated rings. The summed E-state index contributed by atoms with van der Waals surface area (Å²) in [5.74, 6) is 0.789. The van der Waals surface area contributed by atoms with Crippen LogP contribution in [0.2, 0.25) is 0 Å². The highest BCUT2D eigenvalue weighted by molar-refractivity contribution is 6.00. The number of piperidine rings is 2. The minimum Gasteiger partial charge on any atom is -0.494 e. The fourth-order valence-corrected chi connectivity index (χ4v) is 6.59. The van der Waals surface area contributed by atoms with Crippen molar-refractivity contribution < 1.29 is 28.7 Å². The van der Waals surface area contributed by atoms with Gasteiger partial charge in [-0.3, -0.25) is 24.6 Å². The number of anilines is 1. The second-order valence-electron chi connectivity index (χ2n) is 14.1. The smallest absolute Gasteiger partial charge is 0.410 e. The Balaban J connectivity index is 0.975. The van der Waals surface area contributed by atoms with Crippen molar-refractivity contribution in [2.45, 2.75) is 83.4 Å². The van der Waals surface area contributed by atoms with Crippen molar-refractivity contribution in [1.82, 2.24) is 20.4 Å². The molecule has 0 aromatic heterocycles. The maximum Gasteiger partial charge on any atom is 0.410 e. The lowest BCUT2D eigenvalue weighted by molar-refractivity contribution is -0.134. The molecule has 1 unspecified atom stereocenters. The number of rotatable bonds is 12. The monoisotopic (exact) mass is 661 g/mol. The standard InChI is InChI=1S/C37H51N5O6/c1-37(2,3)48-36(46)42-17-14-28(15-18-42)27-7-10-32(11-8-27)47-23-5-4-16-40-19-21-41(22-20-40)31-9-6-29(26-43)30(24-31)25-38-33-12-13-34(44)39-35(33)45/h6-11,24,26,28,33,38H,4-5,12-23,25H2,1-3H3,(H,39,44,45). The van der Waals surface area contributed by atoms with Crippen LogP contribution in [-0.4, -0.2) is 98.1 Å². The lowest BCUT2D eigenvalue weighted by atomic mass is 9.89. The molecule has 0 spiro atoms. The predicted molar refractivity (Wildman–Crippen MR) is 184 cm³/mol. The van der Waals surface area contributed by atoms with Crippen LogP contribution in [-0.2, 0) is 20.9 Å². The van der Waals surface area contributed by atoms with Gasteiger partial charge in [-0.2, -0.15) is 0 Å². The number of likely N-dealkylation sites (tertiary alicyclic amines) is 1. The second kappa shape index (κ2) is 16.4. The van der Waals surface area contributed by atoms with Gasteiger partial charge in [0.15, 0.2) is 0 Å². The Hall–Kier alpha value is -3.96. The molecule has 2 N–H and O–H groups in total. The Morgan fingerprint density at radius 3 is 2.35 bits per heavy atom. The summed E-state index contributed by atoms with van der Waals surface area (Å²) >= 11 is 0. The summed E-state index contributed by atoms with van der Waals surface area (Å²) in [6.45, 7) is 13.0. The summed E-state index contributed by atoms with van der Waals surface area (Å²) in [5, 5.41) is 5.58. The number of aldehydes is 1. The van der Waals surface area contributed by atoms with E-state index in [0.29, 0.717) is 50.6 Å². The van der Waals surface area contributed by atoms with Crippen LogP contribution in [0.25, 0.3) is 0 Å². The van der Waals surface area contributed by atoms with E-state index in [2.05, 4.69) is 44.7 Å². The highest BCUT2D eigenvalue weighted by Crippen LogP contribution is 2.30. The number of unbranched alkanes of at least 4 members (excludes halogenated alkanes) is 1. The highest BCUT2D eigenvalue weighted by Gasteiger charge is 2.28. The van der Waals surface area contributed by atoms with Gasteiger partial charge in [0.25, 0.3) is 0 Å². The average molecular weight is 662 g/mol. The Bertz CT molecular complexity index is 1410. The number of amides is 3. The first kappa shape index (κ1) is 35.3. The fourth-order valence-electron chi connectivity index (χ4n) is 6.59. The molecular weight excluding hydrogens is 610 g/mol. The van der Waals surface area contributed by atoms with E-state index in [9.17, 15) is 19.2 Å². The predicted octanol–water partition coefficient (Wildman–Crippen LogP) is 4.49. The van der Waals surface area contributed by atoms with E-state index in [1.54, 1.807) is 0 Å². The highest BCUT2D eigenvalue weighted by atomic mass is 16.6. The number of nitrogens with one attached hydrogen (secondary N) is 2. The van der Waals surface area contributed by atoms with Crippen molar-refractivity contribution in [2.24, 2.45) is 0 Å². The van der Waals surface area contributed by atoms with Gasteiger partial charge in [-0.05, 0) is 107 Å². The minimum atomic E-state index is -0.471. The molecule has 3 aliphatic rings. The zero-order valence-corrected chi connectivity index (χ0v) is 28.7. The molecule has 0 saturated carbocycles. The number of benzene rings is 2. The summed E-state index contributed by atoms with van der Waals surface area (Å²) in [5.41, 5.74) is 3.36. The molecule has 2 aromatic carbocycles. The van der Waals surface area contributed by atoms with Gasteiger partial charge in [0.2, 0.25) is 11.8 Å². The molecule has 0 bridgehead atoms. The zero-order valence-electron chi connectivity index (χ0n) is 28.7. The number of imide groups is 1. The van der Waals surface area contributed by atoms with Crippen LogP contribution in [0.15, 0.2) is 42.5 Å². The molecule has 0 radical (unpaired) electrons. The van der Waals surface area contributed by atoms with E-state index >= 15 is 0 Å². The SMILES string of the molecule is CC(C)(C)OC(=O)N1CCC(c2ccc(OCCCCN3CCN(c4ccc(C=O)c(CNC5CCC(=O)NC5=O)c4)CC3)cc2)CC1. The van der Waals surface area contributed by atoms with Gasteiger partial charge in [0, 0.05) is 63.5 Å². The van der Waals surface area contributed by atoms with Crippen LogP contribution in [0.1, 0.15) is 86.7 Å². The van der Waals surface area contributed by atoms with Crippen LogP contribution < -0.4 is 20.3 Å². The van der Waals surface area contributed by atoms with E-state index in [-0.39, 0.29) is 17.9 Å². The summed E-state index contributed by atoms with van der Waals surface area (Å²) in [6, 6.07) is 13.9. The van der Waals surface area contributed by atoms with E-state index in [1.165, 1.54) is 5.56 Å². The lowest BCUT2D eigenvalue weighted by Gasteiger charge is -2.36. The number of carbonyl (C=O) groups excluding carboxylic acids is 4. The third-order valence-electron chi connectivity index (χ3n) is 9.40. The Labute approximate surface area is 284 Å². The van der Waals surface area contributed by atoms with Crippen molar-refractivity contribution >= 4 is 29.9 Å². The zero-order chi connectivity index (χ0) is 34.1. The van der Waals surface area contributed by atoms with Gasteiger partial charge in [-0.15, -0.1) is 0 Å². The van der Waals surface area contributed by atoms with Crippen molar-refractivity contribution in [2.75, 3.05) is 57.3 Å². The molecule has 2 aromatic rings. The van der Waals surface area contributed by atoms with Gasteiger partial charge in [-0.25, -0.2) is 4.79 Å². The first-order valence-corrected chi connectivity index (χ1v) is 17.4. The third-order valence-corrected chi connectivity index (χ3v) is 9.40. The van der Waals surface area contributed by atoms with Crippen LogP contribution in [0, 0.1) is 0 Å². The van der Waals surface area contributed by atoms with Crippen molar-refractivity contribution in [3.63, 3.8) is 0 Å². The minimum absolute atomic E-state index is 0.220. The van der Waals surface area contributed by atoms with E-state index in [1.807, 2.05) is 43.9 Å². The van der Waals surface area contributed by atoms with Crippen molar-refractivity contribution in [3.8, 4) is 5.75 Å². The number of ether oxygens (including phenoxy) is 2. The Morgan fingerprint density at radius 2 is 1.69 bits per heavy atom. The summed E-state index contributed by atoms with van der Waals surface area (Å²) in [4.78, 5) is 54.3. The van der Waals surface area contributed by atoms with Crippen molar-refractivity contribution in [1.29, 1.82) is 0 Å². The Kier molecular flexibility index (Phi) is 12.1. The maximum atomic E-state index is 12.4. The molecule has 3 amide bonds. The van der Waals surface area contributed by atoms with Crippen LogP contribution in [0.3, 0.4) is 0 Å². The molecular formula is C37H51N5O6. The molecule has 11 nitrogen and oxygen atoms in total. The van der Waals surface area contributed by atoms with Crippen LogP contribution >= 0.6 is 0 Å². The molecule has 3 saturated heterocycles. The lowest BCUT2D eigenvalue weighted by Crippen LogP contribution is -2.50. The first-order chi connectivity index (χ1) is 23.1. The normalized spacial score (nSPS) is 19.6. The van der Waals surface area contributed by atoms with Crippen LogP contribution in [0.5, 0.6) is 5.75 Å². The van der Waals surface area contributed by atoms with Crippen molar-refractivity contribution in [3.05, 3.63) is 59.2 Å². The number of carbonyl (C=O) groups is 4. The number of hydrogen-bond acceptors (Lipinski definition) is 9. The molecule has 3 aliphatic heterocycles. The summed E-state index contributed by atoms with van der Waals surface area (Å²) in [7, 11) is 0. The fraction of sp³-hybridized carbons (Fsp3) is 0.568. The topological polar surface area (TPSA) is 121 Å². The molecule has 5 rings (SSSR count). The number of hydrogen-bond donors (Lipinski definition) is 2. The van der Waals surface area contributed by atoms with Gasteiger partial charge >= 0.3 is 6.09 Å². The van der Waals surface area contributed by atoms with Gasteiger partial charge in [0.05, 0.1) is 12.6 Å². The quantitative estimate of drug-likeness (QED) is 0.193. The molecule has 48 heavy (non-hydrogen) atoms. The van der Waals surface area contributed by atoms with E-state index in [0.717, 1.165) is 81.7 Å². The number of piperazine rings is 1. The van der Waals surface area contributed by atoms with Crippen LogP contribution in [0.4, 0.5) is 10.5 Å². The van der Waals surface area contributed by atoms with Gasteiger partial charge in [-0.1, -0.05) is 12.1 Å². The molecule has 260 valence electrons. The second-order valence-corrected chi connectivity index (χ2v) is 14.1. The molecule has 1 atom stereocenters. The Morgan fingerprint density at radius 1 is 0.958 bits per heavy atom. The summed E-state index contributed by atoms with van der Waals surface area (Å²) < 4.78 is 11.6. The molecule has 11 heteroatoms. The van der Waals surface area contributed by atoms with Gasteiger partial charge in [0.1, 0.15) is 17.6 Å². The average Bonchev–Trinajstić information content (AvgIpc) is 3.07.